The van der Waals surface area contributed by atoms with Crippen molar-refractivity contribution >= 4 is 28.5 Å². The number of carbonyl (C=O) groups is 1. The molecule has 2 aromatic carbocycles. The Morgan fingerprint density at radius 3 is 2.30 bits per heavy atom. The largest absolute Gasteiger partial charge is 0.462 e. The fourth-order valence-corrected chi connectivity index (χ4v) is 3.79. The van der Waals surface area contributed by atoms with Crippen LogP contribution in [0, 0.1) is 17.1 Å². The number of esters is 1. The number of ether oxygens (including phenoxy) is 2. The SMILES string of the molecule is COCCOC(=O)C(C#N)c1nc2ccccc2nc1N1CCN(c2ccc(F)cc2)CC1. The van der Waals surface area contributed by atoms with Crippen molar-refractivity contribution in [1.29, 1.82) is 5.26 Å². The molecule has 0 radical (unpaired) electrons. The molecule has 2 heterocycles. The lowest BCUT2D eigenvalue weighted by atomic mass is 10.1. The van der Waals surface area contributed by atoms with Crippen LogP contribution in [0.3, 0.4) is 0 Å². The molecule has 0 aliphatic carbocycles. The summed E-state index contributed by atoms with van der Waals surface area (Å²) in [6, 6.07) is 15.8. The zero-order chi connectivity index (χ0) is 23.2. The van der Waals surface area contributed by atoms with Gasteiger partial charge in [0.2, 0.25) is 0 Å². The van der Waals surface area contributed by atoms with Crippen LogP contribution in [-0.4, -0.2) is 62.4 Å². The van der Waals surface area contributed by atoms with Crippen LogP contribution < -0.4 is 9.80 Å². The highest BCUT2D eigenvalue weighted by Gasteiger charge is 2.31. The highest BCUT2D eigenvalue weighted by atomic mass is 19.1. The van der Waals surface area contributed by atoms with Crippen molar-refractivity contribution in [3.8, 4) is 6.07 Å². The molecule has 1 unspecified atom stereocenters. The molecule has 9 heteroatoms. The number of hydrogen-bond acceptors (Lipinski definition) is 8. The first kappa shape index (κ1) is 22.4. The van der Waals surface area contributed by atoms with Gasteiger partial charge in [-0.2, -0.15) is 5.26 Å². The molecule has 1 saturated heterocycles. The first-order valence-corrected chi connectivity index (χ1v) is 10.7. The summed E-state index contributed by atoms with van der Waals surface area (Å²) in [4.78, 5) is 26.3. The molecule has 1 fully saturated rings. The van der Waals surface area contributed by atoms with Gasteiger partial charge in [0.1, 0.15) is 18.1 Å². The number of piperazine rings is 1. The van der Waals surface area contributed by atoms with E-state index >= 15 is 0 Å². The van der Waals surface area contributed by atoms with Crippen molar-refractivity contribution in [2.75, 3.05) is 56.3 Å². The Balaban J connectivity index is 1.61. The van der Waals surface area contributed by atoms with Gasteiger partial charge in [-0.1, -0.05) is 12.1 Å². The van der Waals surface area contributed by atoms with Gasteiger partial charge >= 0.3 is 5.97 Å². The number of halogens is 1. The maximum absolute atomic E-state index is 13.3. The third kappa shape index (κ3) is 5.02. The number of aromatic nitrogens is 2. The topological polar surface area (TPSA) is 91.6 Å². The number of nitrogens with zero attached hydrogens (tertiary/aromatic N) is 5. The quantitative estimate of drug-likeness (QED) is 0.402. The van der Waals surface area contributed by atoms with E-state index in [1.165, 1.54) is 19.2 Å². The van der Waals surface area contributed by atoms with Crippen LogP contribution in [0.2, 0.25) is 0 Å². The normalized spacial score (nSPS) is 14.7. The summed E-state index contributed by atoms with van der Waals surface area (Å²) >= 11 is 0. The highest BCUT2D eigenvalue weighted by molar-refractivity contribution is 5.85. The van der Waals surface area contributed by atoms with E-state index in [0.29, 0.717) is 43.0 Å². The highest BCUT2D eigenvalue weighted by Crippen LogP contribution is 2.29. The van der Waals surface area contributed by atoms with Gasteiger partial charge in [-0.15, -0.1) is 0 Å². The second-order valence-corrected chi connectivity index (χ2v) is 7.59. The molecule has 1 aromatic heterocycles. The van der Waals surface area contributed by atoms with E-state index < -0.39 is 11.9 Å². The van der Waals surface area contributed by atoms with Gasteiger partial charge in [-0.25, -0.2) is 14.4 Å². The molecule has 3 aromatic rings. The summed E-state index contributed by atoms with van der Waals surface area (Å²) in [6.07, 6.45) is 0. The standard InChI is InChI=1S/C24H24FN5O3/c1-32-14-15-33-24(31)19(16-26)22-23(28-21-5-3-2-4-20(21)27-22)30-12-10-29(11-13-30)18-8-6-17(25)7-9-18/h2-9,19H,10-15H2,1H3. The lowest BCUT2D eigenvalue weighted by Crippen LogP contribution is -2.47. The molecule has 8 nitrogen and oxygen atoms in total. The predicted molar refractivity (Wildman–Crippen MR) is 122 cm³/mol. The molecule has 1 aliphatic rings. The molecule has 0 N–H and O–H groups in total. The number of benzene rings is 2. The third-order valence-electron chi connectivity index (χ3n) is 5.52. The van der Waals surface area contributed by atoms with Crippen molar-refractivity contribution in [2.24, 2.45) is 0 Å². The van der Waals surface area contributed by atoms with Crippen molar-refractivity contribution < 1.29 is 18.7 Å². The van der Waals surface area contributed by atoms with Crippen LogP contribution in [0.1, 0.15) is 11.6 Å². The molecular formula is C24H24FN5O3. The van der Waals surface area contributed by atoms with E-state index in [1.54, 1.807) is 18.2 Å². The number of para-hydroxylation sites is 2. The minimum absolute atomic E-state index is 0.0558. The van der Waals surface area contributed by atoms with E-state index in [1.807, 2.05) is 29.2 Å². The molecule has 170 valence electrons. The summed E-state index contributed by atoms with van der Waals surface area (Å²) < 4.78 is 23.4. The minimum Gasteiger partial charge on any atom is -0.462 e. The average Bonchev–Trinajstić information content (AvgIpc) is 2.85. The van der Waals surface area contributed by atoms with Gasteiger partial charge in [0, 0.05) is 39.0 Å². The molecule has 0 spiro atoms. The summed E-state index contributed by atoms with van der Waals surface area (Å²) in [5, 5.41) is 9.81. The van der Waals surface area contributed by atoms with Crippen molar-refractivity contribution in [3.63, 3.8) is 0 Å². The summed E-state index contributed by atoms with van der Waals surface area (Å²) in [5.74, 6) is -1.65. The lowest BCUT2D eigenvalue weighted by Gasteiger charge is -2.37. The van der Waals surface area contributed by atoms with Gasteiger partial charge < -0.3 is 19.3 Å². The fourth-order valence-electron chi connectivity index (χ4n) is 3.79. The maximum atomic E-state index is 13.3. The summed E-state index contributed by atoms with van der Waals surface area (Å²) in [5.41, 5.74) is 2.51. The Bertz CT molecular complexity index is 1160. The van der Waals surface area contributed by atoms with E-state index in [4.69, 9.17) is 14.5 Å². The van der Waals surface area contributed by atoms with Gasteiger partial charge in [-0.05, 0) is 36.4 Å². The summed E-state index contributed by atoms with van der Waals surface area (Å²) in [7, 11) is 1.51. The Morgan fingerprint density at radius 1 is 1.03 bits per heavy atom. The van der Waals surface area contributed by atoms with Crippen LogP contribution >= 0.6 is 0 Å². The number of fused-ring (bicyclic) bond motifs is 1. The molecule has 1 atom stereocenters. The van der Waals surface area contributed by atoms with E-state index in [0.717, 1.165) is 5.69 Å². The van der Waals surface area contributed by atoms with E-state index in [9.17, 15) is 14.4 Å². The molecule has 1 aliphatic heterocycles. The molecule has 0 amide bonds. The first-order valence-electron chi connectivity index (χ1n) is 10.7. The van der Waals surface area contributed by atoms with Crippen LogP contribution in [0.5, 0.6) is 0 Å². The van der Waals surface area contributed by atoms with Crippen LogP contribution in [0.15, 0.2) is 48.5 Å². The number of methoxy groups -OCH3 is 1. The van der Waals surface area contributed by atoms with Crippen molar-refractivity contribution in [2.45, 2.75) is 5.92 Å². The third-order valence-corrected chi connectivity index (χ3v) is 5.52. The van der Waals surface area contributed by atoms with Gasteiger partial charge in [0.05, 0.1) is 23.7 Å². The van der Waals surface area contributed by atoms with Gasteiger partial charge in [-0.3, -0.25) is 4.79 Å². The molecule has 4 rings (SSSR count). The van der Waals surface area contributed by atoms with Crippen LogP contribution in [-0.2, 0) is 14.3 Å². The monoisotopic (exact) mass is 449 g/mol. The van der Waals surface area contributed by atoms with E-state index in [2.05, 4.69) is 9.88 Å². The summed E-state index contributed by atoms with van der Waals surface area (Å²) in [6.45, 7) is 2.86. The Labute approximate surface area is 191 Å². The molecule has 0 bridgehead atoms. The number of anilines is 2. The van der Waals surface area contributed by atoms with Crippen molar-refractivity contribution in [1.82, 2.24) is 9.97 Å². The van der Waals surface area contributed by atoms with Crippen molar-refractivity contribution in [3.05, 3.63) is 60.0 Å². The van der Waals surface area contributed by atoms with Crippen LogP contribution in [0.4, 0.5) is 15.9 Å². The fraction of sp³-hybridized carbons (Fsp3) is 0.333. The molecule has 33 heavy (non-hydrogen) atoms. The maximum Gasteiger partial charge on any atom is 0.329 e. The Morgan fingerprint density at radius 2 is 1.67 bits per heavy atom. The zero-order valence-electron chi connectivity index (χ0n) is 18.3. The number of carbonyl (C=O) groups excluding carboxylic acids is 1. The minimum atomic E-state index is -1.20. The number of hydrogen-bond donors (Lipinski definition) is 0. The average molecular weight is 449 g/mol. The predicted octanol–water partition coefficient (Wildman–Crippen LogP) is 2.89. The smallest absolute Gasteiger partial charge is 0.329 e. The second kappa shape index (κ2) is 10.2. The second-order valence-electron chi connectivity index (χ2n) is 7.59. The van der Waals surface area contributed by atoms with E-state index in [-0.39, 0.29) is 24.7 Å². The Kier molecular flexibility index (Phi) is 6.95. The van der Waals surface area contributed by atoms with Gasteiger partial charge in [0.25, 0.3) is 0 Å². The van der Waals surface area contributed by atoms with Gasteiger partial charge in [0.15, 0.2) is 11.7 Å². The van der Waals surface area contributed by atoms with Crippen LogP contribution in [0.25, 0.3) is 11.0 Å². The number of rotatable bonds is 7. The lowest BCUT2D eigenvalue weighted by molar-refractivity contribution is -0.145. The number of nitriles is 1. The zero-order valence-corrected chi connectivity index (χ0v) is 18.3. The molecule has 0 saturated carbocycles. The molecular weight excluding hydrogens is 425 g/mol. The Hall–Kier alpha value is -3.77. The first-order chi connectivity index (χ1) is 16.1.